The molecule has 0 unspecified atom stereocenters. The Morgan fingerprint density at radius 2 is 1.76 bits per heavy atom. The number of nitrogens with zero attached hydrogens (tertiary/aromatic N) is 2. The van der Waals surface area contributed by atoms with Crippen molar-refractivity contribution < 1.29 is 4.74 Å². The highest BCUT2D eigenvalue weighted by molar-refractivity contribution is 5.42. The lowest BCUT2D eigenvalue weighted by atomic mass is 10.0. The van der Waals surface area contributed by atoms with E-state index in [2.05, 4.69) is 35.3 Å². The second kappa shape index (κ2) is 6.54. The number of hydrogen-bond acceptors (Lipinski definition) is 5. The average molecular weight is 286 g/mol. The van der Waals surface area contributed by atoms with Crippen LogP contribution in [-0.4, -0.2) is 9.97 Å². The van der Waals surface area contributed by atoms with E-state index in [1.165, 1.54) is 0 Å². The van der Waals surface area contributed by atoms with Gasteiger partial charge in [0.15, 0.2) is 0 Å². The summed E-state index contributed by atoms with van der Waals surface area (Å²) < 4.78 is 5.96. The maximum absolute atomic E-state index is 5.96. The Hall–Kier alpha value is -2.14. The third-order valence-corrected chi connectivity index (χ3v) is 3.14. The normalized spacial score (nSPS) is 11.0. The Kier molecular flexibility index (Phi) is 4.75. The van der Waals surface area contributed by atoms with Gasteiger partial charge < -0.3 is 10.2 Å². The third kappa shape index (κ3) is 3.70. The van der Waals surface area contributed by atoms with Crippen LogP contribution >= 0.6 is 0 Å². The fourth-order valence-electron chi connectivity index (χ4n) is 1.99. The van der Waals surface area contributed by atoms with Crippen LogP contribution in [0.15, 0.2) is 30.3 Å². The molecule has 0 amide bonds. The fraction of sp³-hybridized carbons (Fsp3) is 0.375. The summed E-state index contributed by atoms with van der Waals surface area (Å²) in [5.74, 6) is 8.58. The molecule has 0 spiro atoms. The number of ether oxygens (including phenoxy) is 1. The summed E-state index contributed by atoms with van der Waals surface area (Å²) >= 11 is 0. The van der Waals surface area contributed by atoms with Gasteiger partial charge in [0.1, 0.15) is 17.4 Å². The van der Waals surface area contributed by atoms with Crippen molar-refractivity contribution >= 4 is 5.82 Å². The van der Waals surface area contributed by atoms with Crippen molar-refractivity contribution in [1.82, 2.24) is 9.97 Å². The minimum Gasteiger partial charge on any atom is -0.439 e. The molecule has 5 heteroatoms. The largest absolute Gasteiger partial charge is 0.439 e. The molecular formula is C16H22N4O. The Labute approximate surface area is 125 Å². The number of nitrogen functional groups attached to an aromatic ring is 1. The van der Waals surface area contributed by atoms with Crippen molar-refractivity contribution in [3.63, 3.8) is 0 Å². The number of anilines is 1. The quantitative estimate of drug-likeness (QED) is 0.646. The van der Waals surface area contributed by atoms with Crippen molar-refractivity contribution in [2.24, 2.45) is 5.84 Å². The Bertz CT molecular complexity index is 611. The van der Waals surface area contributed by atoms with Crippen LogP contribution in [0.5, 0.6) is 11.6 Å². The molecule has 5 nitrogen and oxygen atoms in total. The number of nitrogens with two attached hydrogens (primary N) is 1. The molecule has 112 valence electrons. The lowest BCUT2D eigenvalue weighted by Crippen LogP contribution is -2.11. The standard InChI is InChI=1S/C16H22N4O/c1-10(2)12-7-5-6-8-13(12)21-15-9-14(20-17)18-16(19-15)11(3)4/h5-11H,17H2,1-4H3,(H,18,19,20). The predicted molar refractivity (Wildman–Crippen MR) is 84.5 cm³/mol. The first kappa shape index (κ1) is 15.3. The van der Waals surface area contributed by atoms with Gasteiger partial charge >= 0.3 is 0 Å². The summed E-state index contributed by atoms with van der Waals surface area (Å²) in [6.07, 6.45) is 0. The molecule has 2 aromatic rings. The molecule has 1 aromatic heterocycles. The molecule has 0 saturated carbocycles. The molecule has 0 fully saturated rings. The summed E-state index contributed by atoms with van der Waals surface area (Å²) in [5.41, 5.74) is 3.70. The molecule has 0 aliphatic heterocycles. The van der Waals surface area contributed by atoms with Gasteiger partial charge in [0.25, 0.3) is 0 Å². The van der Waals surface area contributed by atoms with Gasteiger partial charge in [-0.25, -0.2) is 10.8 Å². The summed E-state index contributed by atoms with van der Waals surface area (Å²) in [5, 5.41) is 0. The van der Waals surface area contributed by atoms with Crippen LogP contribution < -0.4 is 16.0 Å². The maximum Gasteiger partial charge on any atom is 0.224 e. The van der Waals surface area contributed by atoms with Crippen LogP contribution in [0, 0.1) is 0 Å². The highest BCUT2D eigenvalue weighted by Gasteiger charge is 2.12. The smallest absolute Gasteiger partial charge is 0.224 e. The first-order chi connectivity index (χ1) is 10.0. The van der Waals surface area contributed by atoms with E-state index in [1.54, 1.807) is 6.07 Å². The molecule has 0 aliphatic rings. The fourth-order valence-corrected chi connectivity index (χ4v) is 1.99. The number of aromatic nitrogens is 2. The Morgan fingerprint density at radius 1 is 1.05 bits per heavy atom. The van der Waals surface area contributed by atoms with Gasteiger partial charge in [0.2, 0.25) is 5.88 Å². The van der Waals surface area contributed by atoms with E-state index in [1.807, 2.05) is 32.0 Å². The predicted octanol–water partition coefficient (Wildman–Crippen LogP) is 3.80. The average Bonchev–Trinajstić information content (AvgIpc) is 2.47. The van der Waals surface area contributed by atoms with Gasteiger partial charge in [0, 0.05) is 12.0 Å². The van der Waals surface area contributed by atoms with E-state index in [0.29, 0.717) is 23.4 Å². The van der Waals surface area contributed by atoms with E-state index < -0.39 is 0 Å². The highest BCUT2D eigenvalue weighted by Crippen LogP contribution is 2.30. The second-order valence-electron chi connectivity index (χ2n) is 5.54. The molecule has 2 rings (SSSR count). The first-order valence-electron chi connectivity index (χ1n) is 7.13. The SMILES string of the molecule is CC(C)c1nc(NN)cc(Oc2ccccc2C(C)C)n1. The molecule has 0 atom stereocenters. The van der Waals surface area contributed by atoms with Gasteiger partial charge in [-0.3, -0.25) is 0 Å². The molecule has 1 aromatic carbocycles. The van der Waals surface area contributed by atoms with Gasteiger partial charge in [0.05, 0.1) is 0 Å². The summed E-state index contributed by atoms with van der Waals surface area (Å²) in [4.78, 5) is 8.77. The van der Waals surface area contributed by atoms with Gasteiger partial charge in [-0.1, -0.05) is 45.9 Å². The number of nitrogens with one attached hydrogen (secondary N) is 1. The number of rotatable bonds is 5. The molecule has 1 heterocycles. The number of hydrogen-bond donors (Lipinski definition) is 2. The van der Waals surface area contributed by atoms with Crippen LogP contribution in [0.1, 0.15) is 50.9 Å². The van der Waals surface area contributed by atoms with E-state index in [9.17, 15) is 0 Å². The maximum atomic E-state index is 5.96. The molecule has 3 N–H and O–H groups in total. The van der Waals surface area contributed by atoms with Crippen LogP contribution in [0.25, 0.3) is 0 Å². The monoisotopic (exact) mass is 286 g/mol. The van der Waals surface area contributed by atoms with Crippen molar-refractivity contribution in [1.29, 1.82) is 0 Å². The van der Waals surface area contributed by atoms with Gasteiger partial charge in [-0.05, 0) is 17.5 Å². The van der Waals surface area contributed by atoms with E-state index in [-0.39, 0.29) is 5.92 Å². The minimum atomic E-state index is 0.195. The van der Waals surface area contributed by atoms with Crippen molar-refractivity contribution in [2.75, 3.05) is 5.43 Å². The van der Waals surface area contributed by atoms with E-state index >= 15 is 0 Å². The number of hydrazine groups is 1. The summed E-state index contributed by atoms with van der Waals surface area (Å²) in [6.45, 7) is 8.33. The van der Waals surface area contributed by atoms with E-state index in [0.717, 1.165) is 11.3 Å². The lowest BCUT2D eigenvalue weighted by molar-refractivity contribution is 0.449. The Morgan fingerprint density at radius 3 is 2.38 bits per heavy atom. The molecular weight excluding hydrogens is 264 g/mol. The molecule has 0 bridgehead atoms. The van der Waals surface area contributed by atoms with Crippen LogP contribution in [-0.2, 0) is 0 Å². The molecule has 0 radical (unpaired) electrons. The lowest BCUT2D eigenvalue weighted by Gasteiger charge is -2.14. The first-order valence-corrected chi connectivity index (χ1v) is 7.13. The van der Waals surface area contributed by atoms with Crippen LogP contribution in [0.2, 0.25) is 0 Å². The highest BCUT2D eigenvalue weighted by atomic mass is 16.5. The van der Waals surface area contributed by atoms with Crippen LogP contribution in [0.4, 0.5) is 5.82 Å². The number of benzene rings is 1. The number of para-hydroxylation sites is 1. The van der Waals surface area contributed by atoms with Gasteiger partial charge in [-0.2, -0.15) is 4.98 Å². The second-order valence-corrected chi connectivity index (χ2v) is 5.54. The zero-order valence-corrected chi connectivity index (χ0v) is 12.9. The van der Waals surface area contributed by atoms with Crippen LogP contribution in [0.3, 0.4) is 0 Å². The molecule has 0 saturated heterocycles. The topological polar surface area (TPSA) is 73.1 Å². The van der Waals surface area contributed by atoms with Crippen molar-refractivity contribution in [3.8, 4) is 11.6 Å². The zero-order chi connectivity index (χ0) is 15.4. The zero-order valence-electron chi connectivity index (χ0n) is 12.9. The molecule has 21 heavy (non-hydrogen) atoms. The van der Waals surface area contributed by atoms with E-state index in [4.69, 9.17) is 10.6 Å². The summed E-state index contributed by atoms with van der Waals surface area (Å²) in [6, 6.07) is 9.67. The van der Waals surface area contributed by atoms with Crippen molar-refractivity contribution in [2.45, 2.75) is 39.5 Å². The van der Waals surface area contributed by atoms with Crippen molar-refractivity contribution in [3.05, 3.63) is 41.7 Å². The summed E-state index contributed by atoms with van der Waals surface area (Å²) in [7, 11) is 0. The third-order valence-electron chi connectivity index (χ3n) is 3.14. The minimum absolute atomic E-state index is 0.195. The van der Waals surface area contributed by atoms with Gasteiger partial charge in [-0.15, -0.1) is 0 Å². The Balaban J connectivity index is 2.37. The molecule has 0 aliphatic carbocycles.